The minimum absolute atomic E-state index is 0.0436. The first-order valence-corrected chi connectivity index (χ1v) is 7.38. The smallest absolute Gasteiger partial charge is 0.274 e. The van der Waals surface area contributed by atoms with Gasteiger partial charge < -0.3 is 5.32 Å². The van der Waals surface area contributed by atoms with E-state index in [0.717, 1.165) is 12.3 Å². The molecular weight excluding hydrogens is 297 g/mol. The van der Waals surface area contributed by atoms with Gasteiger partial charge >= 0.3 is 0 Å². The van der Waals surface area contributed by atoms with Gasteiger partial charge in [-0.05, 0) is 42.8 Å². The number of nitrogens with one attached hydrogen (secondary N) is 1. The Kier molecular flexibility index (Phi) is 4.01. The van der Waals surface area contributed by atoms with Crippen LogP contribution in [0.15, 0.2) is 41.4 Å². The number of anilines is 1. The Labute approximate surface area is 120 Å². The molecule has 0 fully saturated rings. The molecule has 0 saturated heterocycles. The van der Waals surface area contributed by atoms with Crippen molar-refractivity contribution in [3.05, 3.63) is 53.6 Å². The molecule has 1 aromatic heterocycles. The second kappa shape index (κ2) is 5.58. The summed E-state index contributed by atoms with van der Waals surface area (Å²) in [5.74, 6) is -1.07. The second-order valence-electron chi connectivity index (χ2n) is 4.34. The monoisotopic (exact) mass is 309 g/mol. The molecule has 2 rings (SSSR count). The molecule has 8 heteroatoms. The normalized spacial score (nSPS) is 11.2. The highest BCUT2D eigenvalue weighted by molar-refractivity contribution is 7.89. The Morgan fingerprint density at radius 2 is 2.00 bits per heavy atom. The van der Waals surface area contributed by atoms with Gasteiger partial charge in [0, 0.05) is 5.69 Å². The van der Waals surface area contributed by atoms with E-state index in [-0.39, 0.29) is 10.6 Å². The van der Waals surface area contributed by atoms with Gasteiger partial charge in [-0.25, -0.2) is 22.9 Å². The molecule has 0 spiro atoms. The summed E-state index contributed by atoms with van der Waals surface area (Å²) in [5, 5.41) is 7.59. The van der Waals surface area contributed by atoms with Crippen LogP contribution in [0.3, 0.4) is 0 Å². The summed E-state index contributed by atoms with van der Waals surface area (Å²) in [5.41, 5.74) is 0.988. The molecular formula is C13H12FN3O3S. The first-order chi connectivity index (χ1) is 9.77. The number of rotatable bonds is 3. The lowest BCUT2D eigenvalue weighted by molar-refractivity contribution is 0.102. The van der Waals surface area contributed by atoms with Crippen LogP contribution in [0.2, 0.25) is 0 Å². The molecule has 0 saturated carbocycles. The molecule has 6 nitrogen and oxygen atoms in total. The molecule has 1 aromatic carbocycles. The van der Waals surface area contributed by atoms with E-state index in [1.807, 2.05) is 0 Å². The summed E-state index contributed by atoms with van der Waals surface area (Å²) in [7, 11) is -3.79. The van der Waals surface area contributed by atoms with E-state index >= 15 is 0 Å². The molecule has 1 heterocycles. The Hall–Kier alpha value is -2.32. The number of nitrogens with zero attached hydrogens (tertiary/aromatic N) is 1. The van der Waals surface area contributed by atoms with Gasteiger partial charge in [-0.2, -0.15) is 0 Å². The maximum atomic E-state index is 12.7. The van der Waals surface area contributed by atoms with Gasteiger partial charge in [-0.15, -0.1) is 0 Å². The van der Waals surface area contributed by atoms with Crippen molar-refractivity contribution in [1.29, 1.82) is 0 Å². The molecule has 3 N–H and O–H groups in total. The fourth-order valence-electron chi connectivity index (χ4n) is 1.65. The van der Waals surface area contributed by atoms with Crippen molar-refractivity contribution >= 4 is 21.6 Å². The number of halogens is 1. The summed E-state index contributed by atoms with van der Waals surface area (Å²) >= 11 is 0. The van der Waals surface area contributed by atoms with E-state index in [9.17, 15) is 17.6 Å². The van der Waals surface area contributed by atoms with Gasteiger partial charge in [0.1, 0.15) is 11.5 Å². The number of carbonyl (C=O) groups excluding carboxylic acids is 1. The van der Waals surface area contributed by atoms with E-state index in [0.29, 0.717) is 11.3 Å². The number of amides is 1. The number of hydrogen-bond donors (Lipinski definition) is 2. The maximum absolute atomic E-state index is 12.7. The SMILES string of the molecule is Cc1cc(S(N)(=O)=O)ccc1NC(=O)c1ccc(F)cn1. The Morgan fingerprint density at radius 1 is 1.29 bits per heavy atom. The summed E-state index contributed by atoms with van der Waals surface area (Å²) in [6.45, 7) is 1.63. The number of aryl methyl sites for hydroxylation is 1. The van der Waals surface area contributed by atoms with E-state index in [1.165, 1.54) is 24.3 Å². The zero-order valence-corrected chi connectivity index (χ0v) is 11.8. The molecule has 2 aromatic rings. The standard InChI is InChI=1S/C13H12FN3O3S/c1-8-6-10(21(15,19)20)3-5-11(8)17-13(18)12-4-2-9(14)7-16-12/h2-7H,1H3,(H,17,18)(H2,15,19,20). The zero-order valence-electron chi connectivity index (χ0n) is 11.0. The molecule has 0 radical (unpaired) electrons. The lowest BCUT2D eigenvalue weighted by Gasteiger charge is -2.09. The number of benzene rings is 1. The zero-order chi connectivity index (χ0) is 15.6. The van der Waals surface area contributed by atoms with Crippen molar-refractivity contribution in [3.8, 4) is 0 Å². The molecule has 1 amide bonds. The van der Waals surface area contributed by atoms with Crippen molar-refractivity contribution in [2.24, 2.45) is 5.14 Å². The van der Waals surface area contributed by atoms with Crippen LogP contribution in [0, 0.1) is 12.7 Å². The highest BCUT2D eigenvalue weighted by Crippen LogP contribution is 2.19. The first-order valence-electron chi connectivity index (χ1n) is 5.84. The minimum atomic E-state index is -3.79. The number of nitrogens with two attached hydrogens (primary N) is 1. The lowest BCUT2D eigenvalue weighted by Crippen LogP contribution is -2.16. The minimum Gasteiger partial charge on any atom is -0.320 e. The average molecular weight is 309 g/mol. The fourth-order valence-corrected chi connectivity index (χ4v) is 2.25. The second-order valence-corrected chi connectivity index (χ2v) is 5.90. The molecule has 0 bridgehead atoms. The van der Waals surface area contributed by atoms with E-state index in [1.54, 1.807) is 6.92 Å². The highest BCUT2D eigenvalue weighted by Gasteiger charge is 2.12. The Morgan fingerprint density at radius 3 is 2.52 bits per heavy atom. The number of pyridine rings is 1. The van der Waals surface area contributed by atoms with Gasteiger partial charge in [-0.1, -0.05) is 0 Å². The summed E-state index contributed by atoms with van der Waals surface area (Å²) in [4.78, 5) is 15.5. The fraction of sp³-hybridized carbons (Fsp3) is 0.0769. The molecule has 0 atom stereocenters. The van der Waals surface area contributed by atoms with Crippen LogP contribution in [0.4, 0.5) is 10.1 Å². The molecule has 0 unspecified atom stereocenters. The van der Waals surface area contributed by atoms with Crippen molar-refractivity contribution in [3.63, 3.8) is 0 Å². The van der Waals surface area contributed by atoms with Gasteiger partial charge in [0.05, 0.1) is 11.1 Å². The number of hydrogen-bond acceptors (Lipinski definition) is 4. The van der Waals surface area contributed by atoms with E-state index in [2.05, 4.69) is 10.3 Å². The van der Waals surface area contributed by atoms with Gasteiger partial charge in [-0.3, -0.25) is 4.79 Å². The van der Waals surface area contributed by atoms with Crippen molar-refractivity contribution in [1.82, 2.24) is 4.98 Å². The third-order valence-corrected chi connectivity index (χ3v) is 3.65. The number of sulfonamides is 1. The molecule has 0 aliphatic heterocycles. The van der Waals surface area contributed by atoms with Crippen molar-refractivity contribution in [2.45, 2.75) is 11.8 Å². The van der Waals surface area contributed by atoms with Crippen LogP contribution in [0.1, 0.15) is 16.1 Å². The van der Waals surface area contributed by atoms with Crippen molar-refractivity contribution in [2.75, 3.05) is 5.32 Å². The number of primary sulfonamides is 1. The van der Waals surface area contributed by atoms with Crippen LogP contribution >= 0.6 is 0 Å². The van der Waals surface area contributed by atoms with Crippen LogP contribution in [-0.2, 0) is 10.0 Å². The maximum Gasteiger partial charge on any atom is 0.274 e. The topological polar surface area (TPSA) is 102 Å². The Balaban J connectivity index is 2.24. The number of carbonyl (C=O) groups is 1. The van der Waals surface area contributed by atoms with Gasteiger partial charge in [0.2, 0.25) is 10.0 Å². The third kappa shape index (κ3) is 3.61. The van der Waals surface area contributed by atoms with E-state index < -0.39 is 21.7 Å². The molecule has 110 valence electrons. The predicted octanol–water partition coefficient (Wildman–Crippen LogP) is 1.43. The quantitative estimate of drug-likeness (QED) is 0.895. The molecule has 0 aliphatic carbocycles. The Bertz CT molecular complexity index is 789. The highest BCUT2D eigenvalue weighted by atomic mass is 32.2. The molecule has 21 heavy (non-hydrogen) atoms. The average Bonchev–Trinajstić information content (AvgIpc) is 2.40. The third-order valence-electron chi connectivity index (χ3n) is 2.73. The van der Waals surface area contributed by atoms with Crippen molar-refractivity contribution < 1.29 is 17.6 Å². The first kappa shape index (κ1) is 15.1. The predicted molar refractivity (Wildman–Crippen MR) is 74.7 cm³/mol. The van der Waals surface area contributed by atoms with Gasteiger partial charge in [0.25, 0.3) is 5.91 Å². The summed E-state index contributed by atoms with van der Waals surface area (Å²) in [6, 6.07) is 6.44. The van der Waals surface area contributed by atoms with Crippen LogP contribution in [0.5, 0.6) is 0 Å². The van der Waals surface area contributed by atoms with Crippen LogP contribution < -0.4 is 10.5 Å². The largest absolute Gasteiger partial charge is 0.320 e. The molecule has 0 aliphatic rings. The van der Waals surface area contributed by atoms with E-state index in [4.69, 9.17) is 5.14 Å². The van der Waals surface area contributed by atoms with Gasteiger partial charge in [0.15, 0.2) is 0 Å². The summed E-state index contributed by atoms with van der Waals surface area (Å²) < 4.78 is 35.2. The lowest BCUT2D eigenvalue weighted by atomic mass is 10.2. The number of aromatic nitrogens is 1. The van der Waals surface area contributed by atoms with Crippen LogP contribution in [0.25, 0.3) is 0 Å². The van der Waals surface area contributed by atoms with Crippen LogP contribution in [-0.4, -0.2) is 19.3 Å². The summed E-state index contributed by atoms with van der Waals surface area (Å²) in [6.07, 6.45) is 0.936.